The van der Waals surface area contributed by atoms with Gasteiger partial charge in [0.15, 0.2) is 0 Å². The number of amides is 1. The normalized spacial score (nSPS) is 19.4. The van der Waals surface area contributed by atoms with E-state index in [2.05, 4.69) is 6.58 Å². The zero-order valence-corrected chi connectivity index (χ0v) is 8.53. The van der Waals surface area contributed by atoms with Crippen molar-refractivity contribution in [3.63, 3.8) is 0 Å². The molecule has 0 N–H and O–H groups in total. The van der Waals surface area contributed by atoms with E-state index in [0.717, 1.165) is 0 Å². The summed E-state index contributed by atoms with van der Waals surface area (Å²) in [7, 11) is 0. The number of carbonyl (C=O) groups excluding carboxylic acids is 2. The molecule has 14 heavy (non-hydrogen) atoms. The summed E-state index contributed by atoms with van der Waals surface area (Å²) in [6.07, 6.45) is 1.20. The minimum Gasteiger partial charge on any atom is -0.464 e. The van der Waals surface area contributed by atoms with Crippen molar-refractivity contribution >= 4 is 11.9 Å². The van der Waals surface area contributed by atoms with Crippen LogP contribution >= 0.6 is 0 Å². The molecule has 0 aliphatic carbocycles. The van der Waals surface area contributed by atoms with Gasteiger partial charge in [0, 0.05) is 0 Å². The van der Waals surface area contributed by atoms with E-state index >= 15 is 0 Å². The van der Waals surface area contributed by atoms with Crippen LogP contribution in [0.1, 0.15) is 13.8 Å². The summed E-state index contributed by atoms with van der Waals surface area (Å²) in [6.45, 7) is 8.15. The summed E-state index contributed by atoms with van der Waals surface area (Å²) < 4.78 is 4.99. The van der Waals surface area contributed by atoms with Gasteiger partial charge >= 0.3 is 5.97 Å². The van der Waals surface area contributed by atoms with Crippen LogP contribution in [0.15, 0.2) is 12.7 Å². The van der Waals surface area contributed by atoms with Gasteiger partial charge in [-0.05, 0) is 12.0 Å². The Bertz CT molecular complexity index is 260. The average Bonchev–Trinajstić information content (AvgIpc) is 2.92. The molecule has 0 saturated carbocycles. The number of esters is 1. The van der Waals surface area contributed by atoms with Gasteiger partial charge in [-0.25, -0.2) is 4.79 Å². The summed E-state index contributed by atoms with van der Waals surface area (Å²) in [5.41, 5.74) is 0. The van der Waals surface area contributed by atoms with Crippen molar-refractivity contribution in [3.8, 4) is 0 Å². The first-order valence-corrected chi connectivity index (χ1v) is 4.66. The lowest BCUT2D eigenvalue weighted by Gasteiger charge is -2.06. The third kappa shape index (κ3) is 2.58. The second-order valence-electron chi connectivity index (χ2n) is 3.73. The second-order valence-corrected chi connectivity index (χ2v) is 3.73. The number of hydrogen-bond acceptors (Lipinski definition) is 3. The van der Waals surface area contributed by atoms with Crippen molar-refractivity contribution in [1.82, 2.24) is 4.90 Å². The van der Waals surface area contributed by atoms with E-state index in [0.29, 0.717) is 19.1 Å². The molecule has 0 radical (unpaired) electrons. The van der Waals surface area contributed by atoms with E-state index in [1.807, 2.05) is 13.8 Å². The molecule has 1 fully saturated rings. The summed E-state index contributed by atoms with van der Waals surface area (Å²) in [6, 6.07) is -0.376. The highest BCUT2D eigenvalue weighted by molar-refractivity contribution is 5.95. The number of nitrogens with zero attached hydrogens (tertiary/aromatic N) is 1. The highest BCUT2D eigenvalue weighted by Crippen LogP contribution is 2.19. The smallest absolute Gasteiger partial charge is 0.330 e. The molecule has 4 nitrogen and oxygen atoms in total. The van der Waals surface area contributed by atoms with E-state index < -0.39 is 0 Å². The van der Waals surface area contributed by atoms with Crippen LogP contribution in [-0.4, -0.2) is 36.0 Å². The molecule has 0 spiro atoms. The lowest BCUT2D eigenvalue weighted by atomic mass is 10.2. The molecule has 0 aromatic rings. The Balaban J connectivity index is 2.29. The molecule has 0 aromatic carbocycles. The van der Waals surface area contributed by atoms with Gasteiger partial charge in [-0.1, -0.05) is 20.4 Å². The topological polar surface area (TPSA) is 46.4 Å². The van der Waals surface area contributed by atoms with Gasteiger partial charge in [0.1, 0.15) is 6.04 Å². The van der Waals surface area contributed by atoms with Crippen LogP contribution in [0, 0.1) is 5.92 Å². The zero-order valence-electron chi connectivity index (χ0n) is 8.53. The molecule has 1 rings (SSSR count). The van der Waals surface area contributed by atoms with Crippen LogP contribution in [0.4, 0.5) is 0 Å². The highest BCUT2D eigenvalue weighted by atomic mass is 16.5. The first-order chi connectivity index (χ1) is 6.56. The molecule has 1 aliphatic heterocycles. The molecule has 1 atom stereocenters. The molecule has 1 aliphatic rings. The Hall–Kier alpha value is -1.32. The van der Waals surface area contributed by atoms with Gasteiger partial charge in [0.05, 0.1) is 13.2 Å². The van der Waals surface area contributed by atoms with Crippen LogP contribution < -0.4 is 0 Å². The molecule has 4 heteroatoms. The maximum Gasteiger partial charge on any atom is 0.330 e. The minimum atomic E-state index is -0.376. The first kappa shape index (κ1) is 10.8. The van der Waals surface area contributed by atoms with Gasteiger partial charge in [0.2, 0.25) is 5.91 Å². The maximum absolute atomic E-state index is 11.3. The van der Waals surface area contributed by atoms with E-state index in [1.165, 1.54) is 11.0 Å². The predicted octanol–water partition coefficient (Wildman–Crippen LogP) is 0.582. The summed E-state index contributed by atoms with van der Waals surface area (Å²) in [4.78, 5) is 23.7. The van der Waals surface area contributed by atoms with Gasteiger partial charge < -0.3 is 9.64 Å². The van der Waals surface area contributed by atoms with Crippen LogP contribution in [0.25, 0.3) is 0 Å². The van der Waals surface area contributed by atoms with Crippen LogP contribution in [0.2, 0.25) is 0 Å². The number of rotatable bonds is 4. The Morgan fingerprint density at radius 2 is 2.29 bits per heavy atom. The van der Waals surface area contributed by atoms with Crippen molar-refractivity contribution in [1.29, 1.82) is 0 Å². The third-order valence-electron chi connectivity index (χ3n) is 1.90. The predicted molar refractivity (Wildman–Crippen MR) is 51.5 cm³/mol. The van der Waals surface area contributed by atoms with Gasteiger partial charge in [-0.2, -0.15) is 0 Å². The monoisotopic (exact) mass is 197 g/mol. The van der Waals surface area contributed by atoms with Gasteiger partial charge in [-0.15, -0.1) is 0 Å². The Morgan fingerprint density at radius 1 is 1.64 bits per heavy atom. The molecular formula is C10H15NO3. The van der Waals surface area contributed by atoms with Crippen molar-refractivity contribution < 1.29 is 14.3 Å². The molecule has 1 unspecified atom stereocenters. The van der Waals surface area contributed by atoms with E-state index in [1.54, 1.807) is 0 Å². The number of hydrogen-bond donors (Lipinski definition) is 0. The van der Waals surface area contributed by atoms with Crippen molar-refractivity contribution in [2.75, 3.05) is 13.2 Å². The highest BCUT2D eigenvalue weighted by Gasteiger charge is 2.44. The average molecular weight is 197 g/mol. The SMILES string of the molecule is C=CC(=O)N1CC1C(=O)OCC(C)C. The van der Waals surface area contributed by atoms with Crippen molar-refractivity contribution in [2.45, 2.75) is 19.9 Å². The summed E-state index contributed by atoms with van der Waals surface area (Å²) in [5.74, 6) is -0.202. The zero-order chi connectivity index (χ0) is 10.7. The van der Waals surface area contributed by atoms with Crippen molar-refractivity contribution in [3.05, 3.63) is 12.7 Å². The fraction of sp³-hybridized carbons (Fsp3) is 0.600. The van der Waals surface area contributed by atoms with Gasteiger partial charge in [-0.3, -0.25) is 4.79 Å². The molecular weight excluding hydrogens is 182 g/mol. The quantitative estimate of drug-likeness (QED) is 0.376. The van der Waals surface area contributed by atoms with E-state index in [-0.39, 0.29) is 17.9 Å². The fourth-order valence-corrected chi connectivity index (χ4v) is 1.05. The lowest BCUT2D eigenvalue weighted by molar-refractivity contribution is -0.146. The molecule has 1 heterocycles. The molecule has 0 aromatic heterocycles. The number of carbonyl (C=O) groups is 2. The van der Waals surface area contributed by atoms with Crippen LogP contribution in [-0.2, 0) is 14.3 Å². The standard InChI is InChI=1S/C10H15NO3/c1-4-9(12)11-5-8(11)10(13)14-6-7(2)3/h4,7-8H,1,5-6H2,2-3H3. The Kier molecular flexibility index (Phi) is 3.28. The summed E-state index contributed by atoms with van der Waals surface area (Å²) >= 11 is 0. The first-order valence-electron chi connectivity index (χ1n) is 4.66. The van der Waals surface area contributed by atoms with E-state index in [4.69, 9.17) is 4.74 Å². The Labute approximate surface area is 83.5 Å². The third-order valence-corrected chi connectivity index (χ3v) is 1.90. The Morgan fingerprint density at radius 3 is 2.79 bits per heavy atom. The van der Waals surface area contributed by atoms with Gasteiger partial charge in [0.25, 0.3) is 0 Å². The lowest BCUT2D eigenvalue weighted by Crippen LogP contribution is -2.21. The minimum absolute atomic E-state index is 0.212. The molecule has 1 saturated heterocycles. The number of ether oxygens (including phenoxy) is 1. The van der Waals surface area contributed by atoms with E-state index in [9.17, 15) is 9.59 Å². The van der Waals surface area contributed by atoms with Crippen LogP contribution in [0.5, 0.6) is 0 Å². The molecule has 78 valence electrons. The molecule has 0 bridgehead atoms. The second kappa shape index (κ2) is 4.26. The maximum atomic E-state index is 11.3. The fourth-order valence-electron chi connectivity index (χ4n) is 1.05. The van der Waals surface area contributed by atoms with Crippen molar-refractivity contribution in [2.24, 2.45) is 5.92 Å². The largest absolute Gasteiger partial charge is 0.464 e. The van der Waals surface area contributed by atoms with Crippen LogP contribution in [0.3, 0.4) is 0 Å². The summed E-state index contributed by atoms with van der Waals surface area (Å²) in [5, 5.41) is 0. The molecule has 1 amide bonds.